The van der Waals surface area contributed by atoms with Gasteiger partial charge in [0.05, 0.1) is 22.1 Å². The molecule has 0 saturated heterocycles. The minimum atomic E-state index is -2.82. The molecular formula is C20H18BrF2N7O2S. The fraction of sp³-hybridized carbons (Fsp3) is 0.250. The SMILES string of the molecule is Cc1nn(C)cc1-c1cc(C(F)F)nc2sc(C(N)=O)c(NC(=O)CCn3cc(Br)cn3)c12. The molecule has 0 bridgehead atoms. The fourth-order valence-corrected chi connectivity index (χ4v) is 4.82. The van der Waals surface area contributed by atoms with Crippen molar-refractivity contribution in [1.29, 1.82) is 0 Å². The molecule has 0 unspecified atom stereocenters. The minimum absolute atomic E-state index is 0.0295. The van der Waals surface area contributed by atoms with Crippen LogP contribution in [0.25, 0.3) is 21.3 Å². The number of thiophene rings is 1. The van der Waals surface area contributed by atoms with Gasteiger partial charge in [-0.1, -0.05) is 0 Å². The average Bonchev–Trinajstić information content (AvgIpc) is 3.42. The molecule has 172 valence electrons. The highest BCUT2D eigenvalue weighted by atomic mass is 79.9. The van der Waals surface area contributed by atoms with Crippen molar-refractivity contribution in [2.75, 3.05) is 5.32 Å². The van der Waals surface area contributed by atoms with Crippen LogP contribution in [0.5, 0.6) is 0 Å². The number of rotatable bonds is 7. The first kappa shape index (κ1) is 23.0. The van der Waals surface area contributed by atoms with Crippen molar-refractivity contribution in [2.45, 2.75) is 26.3 Å². The van der Waals surface area contributed by atoms with E-state index in [4.69, 9.17) is 5.73 Å². The standard InChI is InChI=1S/C20H18BrF2N7O2S/c1-9-12(8-29(2)28-9)11-5-13(18(22)23)26-20-15(11)16(17(33-20)19(24)32)27-14(31)3-4-30-7-10(21)6-25-30/h5-8,18H,3-4H2,1-2H3,(H2,24,32)(H,27,31). The lowest BCUT2D eigenvalue weighted by molar-refractivity contribution is -0.116. The van der Waals surface area contributed by atoms with Gasteiger partial charge in [0.25, 0.3) is 12.3 Å². The molecule has 0 aromatic carbocycles. The normalized spacial score (nSPS) is 11.5. The number of nitrogens with one attached hydrogen (secondary N) is 1. The number of primary amides is 1. The average molecular weight is 538 g/mol. The molecule has 33 heavy (non-hydrogen) atoms. The highest BCUT2D eigenvalue weighted by Crippen LogP contribution is 2.43. The second-order valence-electron chi connectivity index (χ2n) is 7.27. The number of pyridine rings is 1. The van der Waals surface area contributed by atoms with Gasteiger partial charge in [0.2, 0.25) is 5.91 Å². The van der Waals surface area contributed by atoms with E-state index in [-0.39, 0.29) is 21.8 Å². The highest BCUT2D eigenvalue weighted by molar-refractivity contribution is 9.10. The number of aryl methyl sites for hydroxylation is 3. The first-order chi connectivity index (χ1) is 15.6. The third-order valence-corrected chi connectivity index (χ3v) is 6.37. The fourth-order valence-electron chi connectivity index (χ4n) is 3.48. The number of fused-ring (bicyclic) bond motifs is 1. The van der Waals surface area contributed by atoms with Crippen LogP contribution in [-0.2, 0) is 18.4 Å². The Morgan fingerprint density at radius 3 is 2.64 bits per heavy atom. The number of halogens is 3. The predicted octanol–water partition coefficient (Wildman–Crippen LogP) is 4.03. The van der Waals surface area contributed by atoms with Gasteiger partial charge in [-0.05, 0) is 34.5 Å². The summed E-state index contributed by atoms with van der Waals surface area (Å²) in [6, 6.07) is 1.26. The zero-order chi connectivity index (χ0) is 23.9. The van der Waals surface area contributed by atoms with Crippen LogP contribution in [0.3, 0.4) is 0 Å². The second-order valence-corrected chi connectivity index (χ2v) is 9.18. The Balaban J connectivity index is 1.81. The molecule has 0 aliphatic carbocycles. The maximum atomic E-state index is 13.6. The van der Waals surface area contributed by atoms with Gasteiger partial charge in [0, 0.05) is 43.4 Å². The molecule has 0 spiro atoms. The van der Waals surface area contributed by atoms with Gasteiger partial charge in [-0.3, -0.25) is 19.0 Å². The molecule has 0 fully saturated rings. The van der Waals surface area contributed by atoms with E-state index in [2.05, 4.69) is 36.4 Å². The van der Waals surface area contributed by atoms with Crippen LogP contribution in [-0.4, -0.2) is 36.4 Å². The van der Waals surface area contributed by atoms with E-state index in [9.17, 15) is 18.4 Å². The Morgan fingerprint density at radius 1 is 1.30 bits per heavy atom. The first-order valence-electron chi connectivity index (χ1n) is 9.68. The smallest absolute Gasteiger partial charge is 0.280 e. The zero-order valence-corrected chi connectivity index (χ0v) is 19.9. The van der Waals surface area contributed by atoms with Crippen molar-refractivity contribution in [3.05, 3.63) is 45.4 Å². The number of carbonyl (C=O) groups is 2. The van der Waals surface area contributed by atoms with Crippen LogP contribution >= 0.6 is 27.3 Å². The zero-order valence-electron chi connectivity index (χ0n) is 17.5. The monoisotopic (exact) mass is 537 g/mol. The summed E-state index contributed by atoms with van der Waals surface area (Å²) >= 11 is 4.15. The second kappa shape index (κ2) is 8.98. The van der Waals surface area contributed by atoms with Crippen LogP contribution in [0.2, 0.25) is 0 Å². The molecule has 0 radical (unpaired) electrons. The maximum absolute atomic E-state index is 13.6. The van der Waals surface area contributed by atoms with E-state index in [1.54, 1.807) is 41.9 Å². The molecule has 13 heteroatoms. The van der Waals surface area contributed by atoms with Gasteiger partial charge in [-0.2, -0.15) is 10.2 Å². The Kier molecular flexibility index (Phi) is 6.26. The third kappa shape index (κ3) is 4.64. The van der Waals surface area contributed by atoms with Gasteiger partial charge in [-0.25, -0.2) is 13.8 Å². The maximum Gasteiger partial charge on any atom is 0.280 e. The van der Waals surface area contributed by atoms with E-state index in [1.165, 1.54) is 6.07 Å². The summed E-state index contributed by atoms with van der Waals surface area (Å²) in [6.45, 7) is 2.04. The Bertz CT molecular complexity index is 1380. The summed E-state index contributed by atoms with van der Waals surface area (Å²) in [6.07, 6.45) is 2.25. The largest absolute Gasteiger partial charge is 0.365 e. The van der Waals surface area contributed by atoms with Crippen LogP contribution in [0, 0.1) is 6.92 Å². The third-order valence-electron chi connectivity index (χ3n) is 4.87. The Morgan fingerprint density at radius 2 is 2.06 bits per heavy atom. The molecule has 2 amide bonds. The summed E-state index contributed by atoms with van der Waals surface area (Å²) in [4.78, 5) is 29.1. The Hall–Kier alpha value is -3.19. The van der Waals surface area contributed by atoms with Gasteiger partial charge in [-0.15, -0.1) is 11.3 Å². The topological polar surface area (TPSA) is 121 Å². The number of aromatic nitrogens is 5. The van der Waals surface area contributed by atoms with Gasteiger partial charge < -0.3 is 11.1 Å². The molecule has 4 aromatic rings. The number of anilines is 1. The van der Waals surface area contributed by atoms with E-state index < -0.39 is 23.9 Å². The van der Waals surface area contributed by atoms with Crippen molar-refractivity contribution in [1.82, 2.24) is 24.5 Å². The summed E-state index contributed by atoms with van der Waals surface area (Å²) in [5.41, 5.74) is 6.82. The molecule has 4 heterocycles. The number of hydrogen-bond acceptors (Lipinski definition) is 6. The van der Waals surface area contributed by atoms with Crippen LogP contribution in [0.4, 0.5) is 14.5 Å². The van der Waals surface area contributed by atoms with Crippen LogP contribution in [0.1, 0.15) is 33.9 Å². The molecule has 4 rings (SSSR count). The van der Waals surface area contributed by atoms with Crippen LogP contribution in [0.15, 0.2) is 29.1 Å². The molecule has 4 aromatic heterocycles. The van der Waals surface area contributed by atoms with Crippen molar-refractivity contribution >= 4 is 55.0 Å². The number of nitrogens with two attached hydrogens (primary N) is 1. The van der Waals surface area contributed by atoms with Crippen molar-refractivity contribution in [3.63, 3.8) is 0 Å². The summed E-state index contributed by atoms with van der Waals surface area (Å²) < 4.78 is 31.1. The molecular weight excluding hydrogens is 520 g/mol. The van der Waals surface area contributed by atoms with E-state index >= 15 is 0 Å². The van der Waals surface area contributed by atoms with Crippen molar-refractivity contribution in [2.24, 2.45) is 12.8 Å². The predicted molar refractivity (Wildman–Crippen MR) is 123 cm³/mol. The lowest BCUT2D eigenvalue weighted by Gasteiger charge is -2.10. The first-order valence-corrected chi connectivity index (χ1v) is 11.3. The molecule has 3 N–H and O–H groups in total. The number of alkyl halides is 2. The molecule has 0 atom stereocenters. The molecule has 9 nitrogen and oxygen atoms in total. The molecule has 0 aliphatic rings. The lowest BCUT2D eigenvalue weighted by atomic mass is 10.0. The summed E-state index contributed by atoms with van der Waals surface area (Å²) in [5.74, 6) is -1.19. The van der Waals surface area contributed by atoms with E-state index in [0.29, 0.717) is 28.8 Å². The number of carbonyl (C=O) groups excluding carboxylic acids is 2. The van der Waals surface area contributed by atoms with Gasteiger partial charge >= 0.3 is 0 Å². The lowest BCUT2D eigenvalue weighted by Crippen LogP contribution is -2.18. The van der Waals surface area contributed by atoms with Crippen LogP contribution < -0.4 is 11.1 Å². The molecule has 0 saturated carbocycles. The van der Waals surface area contributed by atoms with E-state index in [1.807, 2.05) is 0 Å². The quantitative estimate of drug-likeness (QED) is 0.368. The summed E-state index contributed by atoms with van der Waals surface area (Å²) in [7, 11) is 1.71. The number of amides is 2. The van der Waals surface area contributed by atoms with E-state index in [0.717, 1.165) is 15.8 Å². The summed E-state index contributed by atoms with van der Waals surface area (Å²) in [5, 5.41) is 11.5. The van der Waals surface area contributed by atoms with Gasteiger partial charge in [0.1, 0.15) is 15.4 Å². The van der Waals surface area contributed by atoms with Gasteiger partial charge in [0.15, 0.2) is 0 Å². The highest BCUT2D eigenvalue weighted by Gasteiger charge is 2.26. The van der Waals surface area contributed by atoms with Crippen molar-refractivity contribution in [3.8, 4) is 11.1 Å². The minimum Gasteiger partial charge on any atom is -0.365 e. The Labute approximate surface area is 198 Å². The number of nitrogens with zero attached hydrogens (tertiary/aromatic N) is 5. The molecule has 0 aliphatic heterocycles. The number of hydrogen-bond donors (Lipinski definition) is 2. The van der Waals surface area contributed by atoms with Crippen molar-refractivity contribution < 1.29 is 18.4 Å².